The fraction of sp³-hybridized carbons (Fsp3) is 0.375. The largest absolute Gasteiger partial charge is 0.497 e. The van der Waals surface area contributed by atoms with Crippen molar-refractivity contribution in [2.75, 3.05) is 47.5 Å². The Morgan fingerprint density at radius 3 is 2.64 bits per heavy atom. The molecule has 0 aliphatic carbocycles. The molecule has 3 N–H and O–H groups in total. The first kappa shape index (κ1) is 32.3. The van der Waals surface area contributed by atoms with Crippen molar-refractivity contribution in [3.05, 3.63) is 99.9 Å². The molecule has 0 spiro atoms. The van der Waals surface area contributed by atoms with E-state index in [0.717, 1.165) is 13.0 Å². The van der Waals surface area contributed by atoms with E-state index in [-0.39, 0.29) is 18.9 Å². The second kappa shape index (κ2) is 15.7. The molecule has 1 amide bonds. The number of nitrogens with zero attached hydrogens (tertiary/aromatic N) is 5. The third-order valence-corrected chi connectivity index (χ3v) is 7.14. The van der Waals surface area contributed by atoms with E-state index < -0.39 is 17.6 Å². The van der Waals surface area contributed by atoms with Crippen LogP contribution in [0.2, 0.25) is 0 Å². The highest BCUT2D eigenvalue weighted by Gasteiger charge is 2.53. The van der Waals surface area contributed by atoms with Crippen molar-refractivity contribution in [1.29, 1.82) is 0 Å². The predicted molar refractivity (Wildman–Crippen MR) is 168 cm³/mol. The molecular formula is C32H39N7O5. The molecule has 44 heavy (non-hydrogen) atoms. The van der Waals surface area contributed by atoms with Gasteiger partial charge in [0, 0.05) is 42.2 Å². The number of ether oxygens (including phenoxy) is 3. The van der Waals surface area contributed by atoms with E-state index in [1.54, 1.807) is 31.4 Å². The topological polar surface area (TPSA) is 153 Å². The summed E-state index contributed by atoms with van der Waals surface area (Å²) in [6.45, 7) is 1.84. The lowest BCUT2D eigenvalue weighted by Gasteiger charge is -2.31. The zero-order chi connectivity index (χ0) is 31.4. The highest BCUT2D eigenvalue weighted by molar-refractivity contribution is 6.01. The molecule has 12 heteroatoms. The summed E-state index contributed by atoms with van der Waals surface area (Å²) in [6, 6.07) is 21.7. The summed E-state index contributed by atoms with van der Waals surface area (Å²) in [5.41, 5.74) is 16.1. The molecule has 12 nitrogen and oxygen atoms in total. The van der Waals surface area contributed by atoms with Gasteiger partial charge in [-0.2, -0.15) is 0 Å². The van der Waals surface area contributed by atoms with Gasteiger partial charge in [0.25, 0.3) is 5.91 Å². The van der Waals surface area contributed by atoms with Gasteiger partial charge in [-0.05, 0) is 80.1 Å². The lowest BCUT2D eigenvalue weighted by Crippen LogP contribution is -2.54. The minimum absolute atomic E-state index is 0.0475. The van der Waals surface area contributed by atoms with E-state index in [0.29, 0.717) is 53.4 Å². The summed E-state index contributed by atoms with van der Waals surface area (Å²) in [7, 11) is 5.56. The van der Waals surface area contributed by atoms with Gasteiger partial charge in [0.2, 0.25) is 5.90 Å². The molecule has 1 aliphatic rings. The second-order valence-electron chi connectivity index (χ2n) is 10.6. The monoisotopic (exact) mass is 601 g/mol. The molecule has 0 saturated heterocycles. The van der Waals surface area contributed by atoms with Crippen LogP contribution in [-0.2, 0) is 16.0 Å². The minimum Gasteiger partial charge on any atom is -0.497 e. The number of aliphatic hydroxyl groups excluding tert-OH is 1. The molecule has 2 atom stereocenters. The van der Waals surface area contributed by atoms with Gasteiger partial charge in [-0.1, -0.05) is 41.5 Å². The number of carbonyl (C=O) groups excluding carboxylic acids is 1. The Bertz CT molecular complexity index is 1470. The van der Waals surface area contributed by atoms with Crippen LogP contribution in [0, 0.1) is 0 Å². The lowest BCUT2D eigenvalue weighted by molar-refractivity contribution is -0.130. The van der Waals surface area contributed by atoms with Gasteiger partial charge >= 0.3 is 0 Å². The molecule has 0 bridgehead atoms. The van der Waals surface area contributed by atoms with Gasteiger partial charge < -0.3 is 24.2 Å². The number of aliphatic imine (C=N–C) groups is 1. The molecule has 3 aromatic carbocycles. The van der Waals surface area contributed by atoms with E-state index in [9.17, 15) is 10.3 Å². The van der Waals surface area contributed by atoms with Gasteiger partial charge in [-0.25, -0.2) is 10.4 Å². The number of methoxy groups -OCH3 is 1. The number of benzene rings is 3. The zero-order valence-corrected chi connectivity index (χ0v) is 25.3. The number of azide groups is 1. The number of amides is 1. The fourth-order valence-corrected chi connectivity index (χ4v) is 4.92. The molecule has 0 unspecified atom stereocenters. The van der Waals surface area contributed by atoms with Crippen LogP contribution in [0.25, 0.3) is 10.4 Å². The Hall–Kier alpha value is -4.61. The van der Waals surface area contributed by atoms with Crippen molar-refractivity contribution in [3.8, 4) is 11.5 Å². The van der Waals surface area contributed by atoms with Gasteiger partial charge in [-0.15, -0.1) is 0 Å². The molecule has 0 radical (unpaired) electrons. The number of hydrazine groups is 1. The third kappa shape index (κ3) is 8.06. The van der Waals surface area contributed by atoms with Gasteiger partial charge in [0.15, 0.2) is 11.6 Å². The van der Waals surface area contributed by atoms with E-state index in [1.165, 1.54) is 0 Å². The summed E-state index contributed by atoms with van der Waals surface area (Å²) in [4.78, 5) is 24.4. The highest BCUT2D eigenvalue weighted by atomic mass is 16.5. The van der Waals surface area contributed by atoms with Crippen molar-refractivity contribution in [2.45, 2.75) is 30.9 Å². The number of hydrogen-bond donors (Lipinski definition) is 3. The highest BCUT2D eigenvalue weighted by Crippen LogP contribution is 2.44. The van der Waals surface area contributed by atoms with Gasteiger partial charge in [0.05, 0.1) is 13.7 Å². The maximum absolute atomic E-state index is 14.3. The Morgan fingerprint density at radius 2 is 1.91 bits per heavy atom. The van der Waals surface area contributed by atoms with Gasteiger partial charge in [0.1, 0.15) is 11.5 Å². The Balaban J connectivity index is 1.78. The number of nitrogens with one attached hydrogen (secondary N) is 2. The third-order valence-electron chi connectivity index (χ3n) is 7.14. The van der Waals surface area contributed by atoms with E-state index >= 15 is 0 Å². The van der Waals surface area contributed by atoms with Crippen LogP contribution in [-0.4, -0.2) is 74.9 Å². The number of rotatable bonds is 16. The number of hydrogen-bond acceptors (Lipinski definition) is 9. The van der Waals surface area contributed by atoms with E-state index in [1.807, 2.05) is 62.6 Å². The maximum Gasteiger partial charge on any atom is 0.266 e. The maximum atomic E-state index is 14.3. The Kier molecular flexibility index (Phi) is 11.6. The molecule has 3 aromatic rings. The Morgan fingerprint density at radius 1 is 1.11 bits per heavy atom. The average Bonchev–Trinajstić information content (AvgIpc) is 3.42. The van der Waals surface area contributed by atoms with E-state index in [2.05, 4.69) is 25.8 Å². The molecule has 232 valence electrons. The van der Waals surface area contributed by atoms with Crippen LogP contribution < -0.4 is 20.3 Å². The smallest absolute Gasteiger partial charge is 0.266 e. The average molecular weight is 602 g/mol. The Labute approximate surface area is 257 Å². The van der Waals surface area contributed by atoms with Crippen LogP contribution in [0.5, 0.6) is 11.5 Å². The minimum atomic E-state index is -1.49. The second-order valence-corrected chi connectivity index (χ2v) is 10.6. The van der Waals surface area contributed by atoms with Crippen LogP contribution >= 0.6 is 0 Å². The first-order valence-corrected chi connectivity index (χ1v) is 14.5. The summed E-state index contributed by atoms with van der Waals surface area (Å²) in [5, 5.41) is 12.9. The number of aliphatic hydroxyl groups is 1. The van der Waals surface area contributed by atoms with Crippen molar-refractivity contribution < 1.29 is 24.1 Å². The molecule has 1 heterocycles. The predicted octanol–water partition coefficient (Wildman–Crippen LogP) is 4.47. The first-order chi connectivity index (χ1) is 21.4. The SMILES string of the molecule is COc1cccc([C@@H]2OC(c3ccc(OCCCO)cc3)=N[C@]2(Cc2ccccc2N=[N+]=[N-])C(=O)NNCCCN(C)C)c1. The summed E-state index contributed by atoms with van der Waals surface area (Å²) < 4.78 is 17.7. The van der Waals surface area contributed by atoms with Crippen LogP contribution in [0.4, 0.5) is 5.69 Å². The fourth-order valence-electron chi connectivity index (χ4n) is 4.92. The zero-order valence-electron chi connectivity index (χ0n) is 25.3. The molecular weight excluding hydrogens is 562 g/mol. The molecule has 1 aliphatic heterocycles. The standard InChI is InChI=1S/C32H39N7O5/c1-39(2)18-7-17-34-37-31(41)32(22-25-9-4-5-12-28(25)36-38-33)29(24-10-6-11-27(21-24)42-3)44-30(35-32)23-13-15-26(16-14-23)43-20-8-19-40/h4-6,9-16,21,29,34,40H,7-8,17-20,22H2,1-3H3,(H,37,41)/t29-,32-/m0/s1. The van der Waals surface area contributed by atoms with E-state index in [4.69, 9.17) is 24.3 Å². The van der Waals surface area contributed by atoms with Crippen LogP contribution in [0.15, 0.2) is 82.9 Å². The first-order valence-electron chi connectivity index (χ1n) is 14.5. The molecule has 4 rings (SSSR count). The van der Waals surface area contributed by atoms with Crippen molar-refractivity contribution in [1.82, 2.24) is 15.8 Å². The summed E-state index contributed by atoms with van der Waals surface area (Å²) >= 11 is 0. The van der Waals surface area contributed by atoms with Crippen molar-refractivity contribution >= 4 is 17.5 Å². The van der Waals surface area contributed by atoms with Crippen LogP contribution in [0.3, 0.4) is 0 Å². The molecule has 0 aromatic heterocycles. The summed E-state index contributed by atoms with van der Waals surface area (Å²) in [5.74, 6) is 1.13. The van der Waals surface area contributed by atoms with Crippen LogP contribution in [0.1, 0.15) is 35.6 Å². The quantitative estimate of drug-likeness (QED) is 0.0720. The molecule has 0 fully saturated rings. The van der Waals surface area contributed by atoms with Gasteiger partial charge in [-0.3, -0.25) is 10.2 Å². The summed E-state index contributed by atoms with van der Waals surface area (Å²) in [6.07, 6.45) is 0.576. The normalized spacial score (nSPS) is 17.4. The number of carbonyl (C=O) groups is 1. The lowest BCUT2D eigenvalue weighted by atomic mass is 9.81. The van der Waals surface area contributed by atoms with Crippen molar-refractivity contribution in [2.24, 2.45) is 10.1 Å². The molecule has 0 saturated carbocycles. The van der Waals surface area contributed by atoms with Crippen molar-refractivity contribution in [3.63, 3.8) is 0 Å².